The largest absolute Gasteiger partial charge is 0.352 e. The van der Waals surface area contributed by atoms with E-state index >= 15 is 0 Å². The summed E-state index contributed by atoms with van der Waals surface area (Å²) in [5.41, 5.74) is 2.63. The first kappa shape index (κ1) is 31.5. The zero-order valence-corrected chi connectivity index (χ0v) is 25.6. The van der Waals surface area contributed by atoms with Crippen molar-refractivity contribution in [2.45, 2.75) is 64.6 Å². The fourth-order valence-electron chi connectivity index (χ4n) is 3.98. The van der Waals surface area contributed by atoms with Gasteiger partial charge in [0, 0.05) is 28.2 Å². The number of aryl methyl sites for hydroxylation is 2. The lowest BCUT2D eigenvalue weighted by Gasteiger charge is -2.33. The summed E-state index contributed by atoms with van der Waals surface area (Å²) in [5.74, 6) is -0.951. The van der Waals surface area contributed by atoms with Crippen molar-refractivity contribution >= 4 is 50.7 Å². The molecule has 214 valence electrons. The minimum Gasteiger partial charge on any atom is -0.352 e. The zero-order valence-electron chi connectivity index (χ0n) is 23.3. The summed E-state index contributed by atoms with van der Waals surface area (Å²) in [7, 11) is -4.14. The van der Waals surface area contributed by atoms with Crippen LogP contribution in [0.4, 0.5) is 5.69 Å². The monoisotopic (exact) mass is 603 g/mol. The predicted octanol–water partition coefficient (Wildman–Crippen LogP) is 6.14. The van der Waals surface area contributed by atoms with Gasteiger partial charge in [0.2, 0.25) is 11.8 Å². The summed E-state index contributed by atoms with van der Waals surface area (Å²) >= 11 is 12.8. The van der Waals surface area contributed by atoms with Crippen LogP contribution in [0.15, 0.2) is 71.6 Å². The molecule has 0 unspecified atom stereocenters. The number of hydrogen-bond acceptors (Lipinski definition) is 4. The van der Waals surface area contributed by atoms with Crippen LogP contribution in [0.25, 0.3) is 0 Å². The summed E-state index contributed by atoms with van der Waals surface area (Å²) in [5, 5.41) is 3.57. The van der Waals surface area contributed by atoms with Crippen LogP contribution in [0.3, 0.4) is 0 Å². The van der Waals surface area contributed by atoms with Gasteiger partial charge in [0.1, 0.15) is 12.6 Å². The van der Waals surface area contributed by atoms with E-state index < -0.39 is 28.5 Å². The van der Waals surface area contributed by atoms with Crippen molar-refractivity contribution in [1.82, 2.24) is 10.2 Å². The van der Waals surface area contributed by atoms with Gasteiger partial charge in [0.15, 0.2) is 0 Å². The molecule has 1 N–H and O–H groups in total. The Morgan fingerprint density at radius 3 is 1.93 bits per heavy atom. The zero-order chi connectivity index (χ0) is 29.6. The quantitative estimate of drug-likeness (QED) is 0.285. The van der Waals surface area contributed by atoms with Crippen LogP contribution in [0.5, 0.6) is 0 Å². The standard InChI is InChI=1S/C30H35Cl2N3O4S/c1-6-22(4)33-30(37)23(5)34(18-26-27(31)8-7-9-28(26)32)29(36)19-35(24-14-10-20(2)11-15-24)40(38,39)25-16-12-21(3)13-17-25/h7-17,22-23H,6,18-19H2,1-5H3,(H,33,37)/t22-,23+/m1/s1. The first-order valence-electron chi connectivity index (χ1n) is 13.0. The van der Waals surface area contributed by atoms with Crippen LogP contribution in [0, 0.1) is 13.8 Å². The molecular weight excluding hydrogens is 569 g/mol. The number of benzene rings is 3. The number of nitrogens with zero attached hydrogens (tertiary/aromatic N) is 2. The van der Waals surface area contributed by atoms with Crippen molar-refractivity contribution in [3.05, 3.63) is 93.5 Å². The van der Waals surface area contributed by atoms with Gasteiger partial charge >= 0.3 is 0 Å². The third kappa shape index (κ3) is 7.56. The third-order valence-corrected chi connectivity index (χ3v) is 9.26. The second-order valence-corrected chi connectivity index (χ2v) is 12.6. The molecule has 0 spiro atoms. The number of sulfonamides is 1. The van der Waals surface area contributed by atoms with Gasteiger partial charge in [0.05, 0.1) is 10.6 Å². The minimum absolute atomic E-state index is 0.0507. The molecule has 0 aliphatic rings. The third-order valence-electron chi connectivity index (χ3n) is 6.77. The summed E-state index contributed by atoms with van der Waals surface area (Å²) in [6.45, 7) is 8.54. The topological polar surface area (TPSA) is 86.8 Å². The molecule has 2 atom stereocenters. The molecule has 0 fully saturated rings. The van der Waals surface area contributed by atoms with E-state index in [2.05, 4.69) is 5.32 Å². The molecule has 0 aromatic heterocycles. The smallest absolute Gasteiger partial charge is 0.264 e. The fourth-order valence-corrected chi connectivity index (χ4v) is 5.91. The lowest BCUT2D eigenvalue weighted by atomic mass is 10.1. The van der Waals surface area contributed by atoms with E-state index in [0.29, 0.717) is 27.7 Å². The van der Waals surface area contributed by atoms with Crippen molar-refractivity contribution in [1.29, 1.82) is 0 Å². The molecule has 0 aliphatic carbocycles. The molecule has 0 heterocycles. The number of halogens is 2. The van der Waals surface area contributed by atoms with Gasteiger partial charge in [-0.2, -0.15) is 0 Å². The number of rotatable bonds is 11. The average Bonchev–Trinajstić information content (AvgIpc) is 2.91. The van der Waals surface area contributed by atoms with Crippen molar-refractivity contribution in [2.24, 2.45) is 0 Å². The van der Waals surface area contributed by atoms with Crippen molar-refractivity contribution < 1.29 is 18.0 Å². The molecule has 7 nitrogen and oxygen atoms in total. The van der Waals surface area contributed by atoms with E-state index in [1.807, 2.05) is 27.7 Å². The summed E-state index contributed by atoms with van der Waals surface area (Å²) in [6.07, 6.45) is 0.707. The highest BCUT2D eigenvalue weighted by Crippen LogP contribution is 2.28. The van der Waals surface area contributed by atoms with E-state index in [4.69, 9.17) is 23.2 Å². The maximum Gasteiger partial charge on any atom is 0.264 e. The number of amides is 2. The van der Waals surface area contributed by atoms with Gasteiger partial charge in [0.25, 0.3) is 10.0 Å². The highest BCUT2D eigenvalue weighted by molar-refractivity contribution is 7.92. The van der Waals surface area contributed by atoms with Crippen LogP contribution < -0.4 is 9.62 Å². The van der Waals surface area contributed by atoms with Crippen LogP contribution in [0.1, 0.15) is 43.9 Å². The molecule has 3 aromatic rings. The lowest BCUT2D eigenvalue weighted by molar-refractivity contribution is -0.139. The highest BCUT2D eigenvalue weighted by Gasteiger charge is 2.33. The Morgan fingerprint density at radius 1 is 0.875 bits per heavy atom. The molecule has 0 bridgehead atoms. The van der Waals surface area contributed by atoms with Crippen LogP contribution in [-0.2, 0) is 26.2 Å². The van der Waals surface area contributed by atoms with Gasteiger partial charge in [-0.05, 0) is 70.5 Å². The fraction of sp³-hybridized carbons (Fsp3) is 0.333. The number of carbonyl (C=O) groups is 2. The first-order valence-corrected chi connectivity index (χ1v) is 15.2. The molecule has 10 heteroatoms. The van der Waals surface area contributed by atoms with Crippen molar-refractivity contribution in [3.8, 4) is 0 Å². The van der Waals surface area contributed by atoms with Crippen LogP contribution >= 0.6 is 23.2 Å². The van der Waals surface area contributed by atoms with E-state index in [0.717, 1.165) is 15.4 Å². The van der Waals surface area contributed by atoms with E-state index in [1.165, 1.54) is 17.0 Å². The Balaban J connectivity index is 2.06. The van der Waals surface area contributed by atoms with Crippen LogP contribution in [0.2, 0.25) is 10.0 Å². The van der Waals surface area contributed by atoms with E-state index in [9.17, 15) is 18.0 Å². The molecule has 3 rings (SSSR count). The van der Waals surface area contributed by atoms with Crippen LogP contribution in [-0.4, -0.2) is 43.8 Å². The Hall–Kier alpha value is -3.07. The lowest BCUT2D eigenvalue weighted by Crippen LogP contribution is -2.52. The number of hydrogen-bond donors (Lipinski definition) is 1. The van der Waals surface area contributed by atoms with Gasteiger partial charge < -0.3 is 10.2 Å². The number of anilines is 1. The second-order valence-electron chi connectivity index (χ2n) is 9.88. The van der Waals surface area contributed by atoms with Gasteiger partial charge in [-0.25, -0.2) is 8.42 Å². The van der Waals surface area contributed by atoms with E-state index in [1.54, 1.807) is 61.5 Å². The Labute approximate surface area is 247 Å². The number of carbonyl (C=O) groups excluding carboxylic acids is 2. The Morgan fingerprint density at radius 2 is 1.40 bits per heavy atom. The number of nitrogens with one attached hydrogen (secondary N) is 1. The highest BCUT2D eigenvalue weighted by atomic mass is 35.5. The molecule has 40 heavy (non-hydrogen) atoms. The predicted molar refractivity (Wildman–Crippen MR) is 161 cm³/mol. The summed E-state index contributed by atoms with van der Waals surface area (Å²) < 4.78 is 28.8. The molecule has 0 radical (unpaired) electrons. The van der Waals surface area contributed by atoms with Gasteiger partial charge in [-0.1, -0.05) is 71.6 Å². The maximum atomic E-state index is 14.0. The molecule has 0 aliphatic heterocycles. The van der Waals surface area contributed by atoms with Crippen molar-refractivity contribution in [3.63, 3.8) is 0 Å². The Bertz CT molecular complexity index is 1420. The average molecular weight is 605 g/mol. The Kier molecular flexibility index (Phi) is 10.6. The maximum absolute atomic E-state index is 14.0. The van der Waals surface area contributed by atoms with Gasteiger partial charge in [-0.3, -0.25) is 13.9 Å². The molecule has 0 saturated carbocycles. The second kappa shape index (κ2) is 13.5. The SMILES string of the molecule is CC[C@@H](C)NC(=O)[C@H](C)N(Cc1c(Cl)cccc1Cl)C(=O)CN(c1ccc(C)cc1)S(=O)(=O)c1ccc(C)cc1. The minimum atomic E-state index is -4.14. The normalized spacial score (nSPS) is 12.9. The van der Waals surface area contributed by atoms with Gasteiger partial charge in [-0.15, -0.1) is 0 Å². The van der Waals surface area contributed by atoms with E-state index in [-0.39, 0.29) is 23.4 Å². The first-order chi connectivity index (χ1) is 18.8. The molecule has 2 amide bonds. The summed E-state index contributed by atoms with van der Waals surface area (Å²) in [6, 6.07) is 17.2. The van der Waals surface area contributed by atoms with Crippen molar-refractivity contribution in [2.75, 3.05) is 10.8 Å². The molecular formula is C30H35Cl2N3O4S. The molecule has 0 saturated heterocycles. The summed E-state index contributed by atoms with van der Waals surface area (Å²) in [4.78, 5) is 28.5. The molecule has 3 aromatic carbocycles.